The normalized spacial score (nSPS) is 19.6. The molecule has 1 aliphatic rings. The van der Waals surface area contributed by atoms with Crippen LogP contribution in [0.15, 0.2) is 18.2 Å². The molecule has 2 N–H and O–H groups in total. The highest BCUT2D eigenvalue weighted by Crippen LogP contribution is 2.34. The molecule has 2 rings (SSSR count). The molecule has 94 valence electrons. The van der Waals surface area contributed by atoms with E-state index in [-0.39, 0.29) is 0 Å². The summed E-state index contributed by atoms with van der Waals surface area (Å²) in [6, 6.07) is 5.93. The molecule has 0 aromatic heterocycles. The van der Waals surface area contributed by atoms with Gasteiger partial charge in [-0.3, -0.25) is 0 Å². The largest absolute Gasteiger partial charge is 0.492 e. The van der Waals surface area contributed by atoms with Crippen molar-refractivity contribution in [2.75, 3.05) is 37.4 Å². The van der Waals surface area contributed by atoms with Gasteiger partial charge < -0.3 is 20.1 Å². The number of ether oxygens (including phenoxy) is 2. The van der Waals surface area contributed by atoms with E-state index >= 15 is 0 Å². The Morgan fingerprint density at radius 3 is 2.94 bits per heavy atom. The quantitative estimate of drug-likeness (QED) is 0.811. The molecule has 1 saturated heterocycles. The highest BCUT2D eigenvalue weighted by atomic mass is 16.5. The Balaban J connectivity index is 2.18. The molecular formula is C13H20N2O2. The van der Waals surface area contributed by atoms with Crippen molar-refractivity contribution in [3.63, 3.8) is 0 Å². The highest BCUT2D eigenvalue weighted by molar-refractivity contribution is 5.74. The van der Waals surface area contributed by atoms with Crippen molar-refractivity contribution in [1.29, 1.82) is 0 Å². The number of nitrogens with zero attached hydrogens (tertiary/aromatic N) is 1. The van der Waals surface area contributed by atoms with Gasteiger partial charge in [-0.1, -0.05) is 6.07 Å². The molecule has 0 bridgehead atoms. The third kappa shape index (κ3) is 2.47. The van der Waals surface area contributed by atoms with Gasteiger partial charge in [-0.2, -0.15) is 0 Å². The van der Waals surface area contributed by atoms with E-state index in [9.17, 15) is 0 Å². The first-order chi connectivity index (χ1) is 8.26. The second-order valence-electron chi connectivity index (χ2n) is 4.21. The summed E-state index contributed by atoms with van der Waals surface area (Å²) in [5.74, 6) is 0.769. The number of methoxy groups -OCH3 is 1. The van der Waals surface area contributed by atoms with Crippen LogP contribution in [0.5, 0.6) is 5.75 Å². The summed E-state index contributed by atoms with van der Waals surface area (Å²) in [7, 11) is 1.76. The standard InChI is InChI=1S/C13H20N2O2/c1-3-17-12-6-4-5-11(13(12)14)15-8-7-10(9-15)16-2/h4-6,10H,3,7-9,14H2,1-2H3. The summed E-state index contributed by atoms with van der Waals surface area (Å²) in [6.45, 7) is 4.48. The minimum absolute atomic E-state index is 0.310. The molecular weight excluding hydrogens is 216 g/mol. The van der Waals surface area contributed by atoms with Crippen molar-refractivity contribution in [2.45, 2.75) is 19.4 Å². The third-order valence-electron chi connectivity index (χ3n) is 3.16. The first kappa shape index (κ1) is 12.0. The Bertz CT molecular complexity index is 382. The van der Waals surface area contributed by atoms with Crippen molar-refractivity contribution < 1.29 is 9.47 Å². The summed E-state index contributed by atoms with van der Waals surface area (Å²) in [4.78, 5) is 2.26. The SMILES string of the molecule is CCOc1cccc(N2CCC(OC)C2)c1N. The number of para-hydroxylation sites is 1. The first-order valence-corrected chi connectivity index (χ1v) is 6.05. The first-order valence-electron chi connectivity index (χ1n) is 6.05. The summed E-state index contributed by atoms with van der Waals surface area (Å²) in [6.07, 6.45) is 1.36. The fourth-order valence-corrected chi connectivity index (χ4v) is 2.23. The van der Waals surface area contributed by atoms with Gasteiger partial charge in [0.2, 0.25) is 0 Å². The molecule has 0 amide bonds. The van der Waals surface area contributed by atoms with Gasteiger partial charge in [0.1, 0.15) is 5.75 Å². The number of anilines is 2. The van der Waals surface area contributed by atoms with E-state index in [0.717, 1.165) is 36.6 Å². The second kappa shape index (κ2) is 5.27. The maximum atomic E-state index is 6.13. The fraction of sp³-hybridized carbons (Fsp3) is 0.538. The van der Waals surface area contributed by atoms with Crippen LogP contribution in [0.3, 0.4) is 0 Å². The molecule has 1 fully saturated rings. The van der Waals surface area contributed by atoms with Gasteiger partial charge in [0.15, 0.2) is 0 Å². The molecule has 0 saturated carbocycles. The summed E-state index contributed by atoms with van der Waals surface area (Å²) in [5.41, 5.74) is 7.91. The molecule has 1 atom stereocenters. The van der Waals surface area contributed by atoms with E-state index in [1.54, 1.807) is 7.11 Å². The third-order valence-corrected chi connectivity index (χ3v) is 3.16. The van der Waals surface area contributed by atoms with Gasteiger partial charge in [0.05, 0.1) is 24.1 Å². The number of nitrogen functional groups attached to an aromatic ring is 1. The lowest BCUT2D eigenvalue weighted by molar-refractivity contribution is 0.121. The Labute approximate surface area is 102 Å². The Morgan fingerprint density at radius 2 is 2.29 bits per heavy atom. The monoisotopic (exact) mass is 236 g/mol. The molecule has 1 heterocycles. The van der Waals surface area contributed by atoms with Crippen LogP contribution in [0.2, 0.25) is 0 Å². The van der Waals surface area contributed by atoms with Gasteiger partial charge >= 0.3 is 0 Å². The van der Waals surface area contributed by atoms with Crippen molar-refractivity contribution in [3.8, 4) is 5.75 Å². The predicted molar refractivity (Wildman–Crippen MR) is 69.7 cm³/mol. The van der Waals surface area contributed by atoms with Gasteiger partial charge in [-0.25, -0.2) is 0 Å². The summed E-state index contributed by atoms with van der Waals surface area (Å²) < 4.78 is 10.9. The van der Waals surface area contributed by atoms with Crippen molar-refractivity contribution >= 4 is 11.4 Å². The lowest BCUT2D eigenvalue weighted by Crippen LogP contribution is -2.23. The molecule has 4 heteroatoms. The number of rotatable bonds is 4. The van der Waals surface area contributed by atoms with Crippen LogP contribution in [0.1, 0.15) is 13.3 Å². The van der Waals surface area contributed by atoms with Crippen LogP contribution in [0.4, 0.5) is 11.4 Å². The van der Waals surface area contributed by atoms with E-state index in [2.05, 4.69) is 4.90 Å². The maximum absolute atomic E-state index is 6.13. The zero-order valence-electron chi connectivity index (χ0n) is 10.5. The Kier molecular flexibility index (Phi) is 3.74. The number of benzene rings is 1. The smallest absolute Gasteiger partial charge is 0.144 e. The van der Waals surface area contributed by atoms with Crippen LogP contribution >= 0.6 is 0 Å². The molecule has 1 unspecified atom stereocenters. The Morgan fingerprint density at radius 1 is 1.47 bits per heavy atom. The zero-order chi connectivity index (χ0) is 12.3. The molecule has 1 aromatic rings. The van der Waals surface area contributed by atoms with Gasteiger partial charge in [-0.05, 0) is 25.5 Å². The number of hydrogen-bond acceptors (Lipinski definition) is 4. The van der Waals surface area contributed by atoms with E-state index in [4.69, 9.17) is 15.2 Å². The lowest BCUT2D eigenvalue weighted by Gasteiger charge is -2.21. The van der Waals surface area contributed by atoms with Crippen molar-refractivity contribution in [1.82, 2.24) is 0 Å². The molecule has 4 nitrogen and oxygen atoms in total. The number of nitrogens with two attached hydrogens (primary N) is 1. The van der Waals surface area contributed by atoms with Crippen LogP contribution in [0, 0.1) is 0 Å². The minimum Gasteiger partial charge on any atom is -0.492 e. The fourth-order valence-electron chi connectivity index (χ4n) is 2.23. The Hall–Kier alpha value is -1.42. The average Bonchev–Trinajstić information content (AvgIpc) is 2.80. The lowest BCUT2D eigenvalue weighted by atomic mass is 10.2. The molecule has 1 aliphatic heterocycles. The van der Waals surface area contributed by atoms with Crippen molar-refractivity contribution in [2.24, 2.45) is 0 Å². The van der Waals surface area contributed by atoms with Crippen LogP contribution < -0.4 is 15.4 Å². The van der Waals surface area contributed by atoms with Crippen LogP contribution in [-0.4, -0.2) is 32.9 Å². The van der Waals surface area contributed by atoms with Crippen LogP contribution in [-0.2, 0) is 4.74 Å². The maximum Gasteiger partial charge on any atom is 0.144 e. The molecule has 0 radical (unpaired) electrons. The average molecular weight is 236 g/mol. The van der Waals surface area contributed by atoms with Gasteiger partial charge in [0, 0.05) is 20.2 Å². The summed E-state index contributed by atoms with van der Waals surface area (Å²) in [5, 5.41) is 0. The molecule has 1 aromatic carbocycles. The molecule has 17 heavy (non-hydrogen) atoms. The minimum atomic E-state index is 0.310. The predicted octanol–water partition coefficient (Wildman–Crippen LogP) is 1.89. The summed E-state index contributed by atoms with van der Waals surface area (Å²) >= 11 is 0. The zero-order valence-corrected chi connectivity index (χ0v) is 10.5. The van der Waals surface area contributed by atoms with Crippen LogP contribution in [0.25, 0.3) is 0 Å². The van der Waals surface area contributed by atoms with Gasteiger partial charge in [0.25, 0.3) is 0 Å². The van der Waals surface area contributed by atoms with E-state index < -0.39 is 0 Å². The molecule has 0 spiro atoms. The number of hydrogen-bond donors (Lipinski definition) is 1. The van der Waals surface area contributed by atoms with E-state index in [1.807, 2.05) is 25.1 Å². The van der Waals surface area contributed by atoms with Crippen molar-refractivity contribution in [3.05, 3.63) is 18.2 Å². The van der Waals surface area contributed by atoms with E-state index in [1.165, 1.54) is 0 Å². The second-order valence-corrected chi connectivity index (χ2v) is 4.21. The topological polar surface area (TPSA) is 47.7 Å². The van der Waals surface area contributed by atoms with Gasteiger partial charge in [-0.15, -0.1) is 0 Å². The van der Waals surface area contributed by atoms with E-state index in [0.29, 0.717) is 12.7 Å². The highest BCUT2D eigenvalue weighted by Gasteiger charge is 2.24. The molecule has 0 aliphatic carbocycles.